The summed E-state index contributed by atoms with van der Waals surface area (Å²) in [6.07, 6.45) is 1.71. The standard InChI is InChI=1S/C15H13N5O/c1-9-15-19-16-8-20(15)13-7-12(18-14(13)17-9)10-3-5-11(21-2)6-4-10/h3-8,18H,1-2H3. The summed E-state index contributed by atoms with van der Waals surface area (Å²) in [6.45, 7) is 1.93. The third kappa shape index (κ3) is 1.76. The minimum Gasteiger partial charge on any atom is -0.497 e. The molecule has 3 aromatic heterocycles. The largest absolute Gasteiger partial charge is 0.497 e. The molecule has 0 fully saturated rings. The average Bonchev–Trinajstić information content (AvgIpc) is 3.13. The maximum atomic E-state index is 5.18. The Bertz CT molecular complexity index is 936. The molecule has 0 spiro atoms. The summed E-state index contributed by atoms with van der Waals surface area (Å²) in [7, 11) is 1.66. The van der Waals surface area contributed by atoms with Gasteiger partial charge in [0, 0.05) is 5.69 Å². The van der Waals surface area contributed by atoms with E-state index < -0.39 is 0 Å². The Morgan fingerprint density at radius 3 is 2.76 bits per heavy atom. The molecule has 6 nitrogen and oxygen atoms in total. The van der Waals surface area contributed by atoms with Crippen molar-refractivity contribution in [2.45, 2.75) is 6.92 Å². The van der Waals surface area contributed by atoms with Crippen LogP contribution in [0.15, 0.2) is 36.7 Å². The van der Waals surface area contributed by atoms with Crippen molar-refractivity contribution in [3.05, 3.63) is 42.4 Å². The fourth-order valence-electron chi connectivity index (χ4n) is 2.50. The number of fused-ring (bicyclic) bond motifs is 3. The lowest BCUT2D eigenvalue weighted by Gasteiger charge is -2.00. The van der Waals surface area contributed by atoms with Gasteiger partial charge in [0.25, 0.3) is 0 Å². The Labute approximate surface area is 120 Å². The molecule has 1 N–H and O–H groups in total. The van der Waals surface area contributed by atoms with E-state index in [1.165, 1.54) is 0 Å². The van der Waals surface area contributed by atoms with E-state index in [1.54, 1.807) is 13.4 Å². The van der Waals surface area contributed by atoms with Crippen LogP contribution in [0.5, 0.6) is 5.75 Å². The van der Waals surface area contributed by atoms with Gasteiger partial charge >= 0.3 is 0 Å². The normalized spacial score (nSPS) is 11.3. The molecule has 6 heteroatoms. The van der Waals surface area contributed by atoms with E-state index in [-0.39, 0.29) is 0 Å². The highest BCUT2D eigenvalue weighted by Crippen LogP contribution is 2.25. The summed E-state index contributed by atoms with van der Waals surface area (Å²) >= 11 is 0. The minimum atomic E-state index is 0.780. The van der Waals surface area contributed by atoms with Gasteiger partial charge < -0.3 is 9.72 Å². The van der Waals surface area contributed by atoms with Crippen LogP contribution in [-0.2, 0) is 0 Å². The Morgan fingerprint density at radius 2 is 2.00 bits per heavy atom. The van der Waals surface area contributed by atoms with Crippen molar-refractivity contribution in [2.24, 2.45) is 0 Å². The Kier molecular flexibility index (Phi) is 2.44. The zero-order valence-corrected chi connectivity index (χ0v) is 11.7. The number of rotatable bonds is 2. The molecule has 0 aliphatic carbocycles. The van der Waals surface area contributed by atoms with Crippen LogP contribution in [0.2, 0.25) is 0 Å². The molecule has 0 amide bonds. The van der Waals surface area contributed by atoms with Crippen LogP contribution in [0.25, 0.3) is 28.1 Å². The molecule has 0 aliphatic rings. The zero-order valence-electron chi connectivity index (χ0n) is 11.7. The molecule has 104 valence electrons. The number of ether oxygens (including phenoxy) is 1. The van der Waals surface area contributed by atoms with Crippen molar-refractivity contribution >= 4 is 16.8 Å². The van der Waals surface area contributed by atoms with Gasteiger partial charge in [-0.2, -0.15) is 0 Å². The van der Waals surface area contributed by atoms with E-state index in [1.807, 2.05) is 35.6 Å². The fraction of sp³-hybridized carbons (Fsp3) is 0.133. The summed E-state index contributed by atoms with van der Waals surface area (Å²) in [5, 5.41) is 8.05. The first-order valence-electron chi connectivity index (χ1n) is 6.60. The predicted molar refractivity (Wildman–Crippen MR) is 79.4 cm³/mol. The van der Waals surface area contributed by atoms with E-state index in [4.69, 9.17) is 4.74 Å². The number of aryl methyl sites for hydroxylation is 1. The third-order valence-electron chi connectivity index (χ3n) is 3.59. The summed E-state index contributed by atoms with van der Waals surface area (Å²) < 4.78 is 7.13. The lowest BCUT2D eigenvalue weighted by Crippen LogP contribution is -1.92. The van der Waals surface area contributed by atoms with E-state index in [9.17, 15) is 0 Å². The van der Waals surface area contributed by atoms with Crippen LogP contribution >= 0.6 is 0 Å². The van der Waals surface area contributed by atoms with Crippen molar-refractivity contribution in [3.63, 3.8) is 0 Å². The van der Waals surface area contributed by atoms with Gasteiger partial charge in [0.15, 0.2) is 11.3 Å². The SMILES string of the molecule is COc1ccc(-c2cc3c(nc(C)c4nncn43)[nH]2)cc1. The van der Waals surface area contributed by atoms with Gasteiger partial charge in [-0.15, -0.1) is 10.2 Å². The smallest absolute Gasteiger partial charge is 0.182 e. The lowest BCUT2D eigenvalue weighted by molar-refractivity contribution is 0.415. The van der Waals surface area contributed by atoms with Crippen molar-refractivity contribution in [2.75, 3.05) is 7.11 Å². The fourth-order valence-corrected chi connectivity index (χ4v) is 2.50. The summed E-state index contributed by atoms with van der Waals surface area (Å²) in [6, 6.07) is 9.96. The number of aromatic amines is 1. The molecule has 1 aromatic carbocycles. The van der Waals surface area contributed by atoms with Crippen molar-refractivity contribution in [1.29, 1.82) is 0 Å². The van der Waals surface area contributed by atoms with Gasteiger partial charge in [0.2, 0.25) is 0 Å². The maximum absolute atomic E-state index is 5.18. The quantitative estimate of drug-likeness (QED) is 0.612. The van der Waals surface area contributed by atoms with E-state index >= 15 is 0 Å². The first-order chi connectivity index (χ1) is 10.3. The molecule has 0 atom stereocenters. The number of H-pyrrole nitrogens is 1. The zero-order chi connectivity index (χ0) is 14.4. The van der Waals surface area contributed by atoms with Gasteiger partial charge in [0.05, 0.1) is 18.3 Å². The minimum absolute atomic E-state index is 0.780. The number of methoxy groups -OCH3 is 1. The predicted octanol–water partition coefficient (Wildman–Crippen LogP) is 2.59. The van der Waals surface area contributed by atoms with Gasteiger partial charge in [-0.1, -0.05) is 0 Å². The monoisotopic (exact) mass is 279 g/mol. The van der Waals surface area contributed by atoms with Crippen LogP contribution in [-0.4, -0.2) is 31.7 Å². The first-order valence-corrected chi connectivity index (χ1v) is 6.60. The molecule has 0 aliphatic heterocycles. The van der Waals surface area contributed by atoms with Crippen LogP contribution in [0.4, 0.5) is 0 Å². The number of benzene rings is 1. The highest BCUT2D eigenvalue weighted by atomic mass is 16.5. The topological polar surface area (TPSA) is 68.1 Å². The molecule has 4 rings (SSSR count). The van der Waals surface area contributed by atoms with Crippen molar-refractivity contribution in [1.82, 2.24) is 24.6 Å². The van der Waals surface area contributed by atoms with Crippen LogP contribution in [0.3, 0.4) is 0 Å². The molecule has 4 aromatic rings. The molecule has 0 saturated heterocycles. The van der Waals surface area contributed by atoms with Gasteiger partial charge in [-0.3, -0.25) is 4.40 Å². The van der Waals surface area contributed by atoms with Crippen molar-refractivity contribution in [3.8, 4) is 17.0 Å². The number of hydrogen-bond acceptors (Lipinski definition) is 4. The Morgan fingerprint density at radius 1 is 1.19 bits per heavy atom. The van der Waals surface area contributed by atoms with Crippen molar-refractivity contribution < 1.29 is 4.74 Å². The second-order valence-electron chi connectivity index (χ2n) is 4.87. The maximum Gasteiger partial charge on any atom is 0.182 e. The summed E-state index contributed by atoms with van der Waals surface area (Å²) in [5.41, 5.74) is 5.50. The number of nitrogens with zero attached hydrogens (tertiary/aromatic N) is 4. The van der Waals surface area contributed by atoms with Crippen LogP contribution < -0.4 is 4.74 Å². The lowest BCUT2D eigenvalue weighted by atomic mass is 10.1. The van der Waals surface area contributed by atoms with Crippen LogP contribution in [0.1, 0.15) is 5.69 Å². The molecule has 0 radical (unpaired) electrons. The van der Waals surface area contributed by atoms with Gasteiger partial charge in [-0.25, -0.2) is 4.98 Å². The summed E-state index contributed by atoms with van der Waals surface area (Å²) in [5.74, 6) is 0.838. The molecule has 3 heterocycles. The molecule has 21 heavy (non-hydrogen) atoms. The van der Waals surface area contributed by atoms with E-state index in [0.29, 0.717) is 0 Å². The molecule has 0 bridgehead atoms. The number of hydrogen-bond donors (Lipinski definition) is 1. The van der Waals surface area contributed by atoms with E-state index in [0.717, 1.165) is 39.5 Å². The van der Waals surface area contributed by atoms with Crippen LogP contribution in [0, 0.1) is 6.92 Å². The summed E-state index contributed by atoms with van der Waals surface area (Å²) in [4.78, 5) is 7.90. The molecule has 0 unspecified atom stereocenters. The highest BCUT2D eigenvalue weighted by molar-refractivity contribution is 5.82. The van der Waals surface area contributed by atoms with E-state index in [2.05, 4.69) is 26.2 Å². The second kappa shape index (κ2) is 4.31. The second-order valence-corrected chi connectivity index (χ2v) is 4.87. The number of nitrogens with one attached hydrogen (secondary N) is 1. The Hall–Kier alpha value is -2.89. The highest BCUT2D eigenvalue weighted by Gasteiger charge is 2.11. The molecular weight excluding hydrogens is 266 g/mol. The molecular formula is C15H13N5O. The molecule has 0 saturated carbocycles. The van der Waals surface area contributed by atoms with Gasteiger partial charge in [-0.05, 0) is 42.8 Å². The first kappa shape index (κ1) is 11.9. The number of aromatic nitrogens is 5. The third-order valence-corrected chi connectivity index (χ3v) is 3.59. The van der Waals surface area contributed by atoms with Gasteiger partial charge in [0.1, 0.15) is 12.1 Å². The Balaban J connectivity index is 1.93. The average molecular weight is 279 g/mol.